The molecule has 0 atom stereocenters. The van der Waals surface area contributed by atoms with E-state index in [1.54, 1.807) is 11.4 Å². The molecule has 3 nitrogen and oxygen atoms in total. The molecule has 0 unspecified atom stereocenters. The number of amides is 1. The van der Waals surface area contributed by atoms with Crippen LogP contribution in [-0.4, -0.2) is 10.9 Å². The van der Waals surface area contributed by atoms with Gasteiger partial charge in [0.05, 0.1) is 10.0 Å². The fraction of sp³-hybridized carbons (Fsp3) is 0. The molecule has 1 N–H and O–H groups in total. The number of aromatic nitrogens is 1. The lowest BCUT2D eigenvalue weighted by molar-refractivity contribution is 0.101. The number of thiophene rings is 1. The summed E-state index contributed by atoms with van der Waals surface area (Å²) in [6, 6.07) is 4.87. The highest BCUT2D eigenvalue weighted by molar-refractivity contribution is 7.20. The van der Waals surface area contributed by atoms with Gasteiger partial charge in [0, 0.05) is 10.9 Å². The third kappa shape index (κ3) is 3.37. The van der Waals surface area contributed by atoms with Crippen molar-refractivity contribution in [2.45, 2.75) is 0 Å². The van der Waals surface area contributed by atoms with Crippen LogP contribution >= 0.6 is 45.9 Å². The Balaban J connectivity index is 1.85. The van der Waals surface area contributed by atoms with Crippen molar-refractivity contribution in [1.29, 1.82) is 0 Å². The smallest absolute Gasteiger partial charge is 0.263 e. The quantitative estimate of drug-likeness (QED) is 0.622. The molecule has 0 aliphatic rings. The van der Waals surface area contributed by atoms with Gasteiger partial charge in [-0.1, -0.05) is 29.3 Å². The maximum atomic E-state index is 13.6. The Kier molecular flexibility index (Phi) is 4.63. The van der Waals surface area contributed by atoms with Crippen molar-refractivity contribution in [3.8, 4) is 11.3 Å². The van der Waals surface area contributed by atoms with Gasteiger partial charge in [0.15, 0.2) is 5.13 Å². The number of rotatable bonds is 3. The normalized spacial score (nSPS) is 10.8. The minimum absolute atomic E-state index is 0.200. The number of nitrogens with zero attached hydrogens (tertiary/aromatic N) is 1. The molecule has 118 valence electrons. The van der Waals surface area contributed by atoms with Crippen LogP contribution in [0.5, 0.6) is 0 Å². The molecule has 0 aliphatic carbocycles. The van der Waals surface area contributed by atoms with Crippen molar-refractivity contribution in [2.24, 2.45) is 0 Å². The zero-order valence-corrected chi connectivity index (χ0v) is 14.2. The van der Waals surface area contributed by atoms with Crippen LogP contribution in [0.4, 0.5) is 13.9 Å². The Morgan fingerprint density at radius 3 is 2.52 bits per heavy atom. The standard InChI is InChI=1S/C14H6Cl2F2N2OS2/c15-10-4-6(12(16)23-10)9-5-22-14(19-9)20-13(21)11-7(17)2-1-3-8(11)18/h1-5H,(H,19,20,21). The topological polar surface area (TPSA) is 42.0 Å². The molecule has 2 heterocycles. The molecule has 0 radical (unpaired) electrons. The van der Waals surface area contributed by atoms with Gasteiger partial charge >= 0.3 is 0 Å². The van der Waals surface area contributed by atoms with E-state index in [1.807, 2.05) is 0 Å². The largest absolute Gasteiger partial charge is 0.298 e. The Morgan fingerprint density at radius 1 is 1.22 bits per heavy atom. The molecular weight excluding hydrogens is 385 g/mol. The molecule has 3 rings (SSSR count). The highest BCUT2D eigenvalue weighted by atomic mass is 35.5. The zero-order chi connectivity index (χ0) is 16.6. The SMILES string of the molecule is O=C(Nc1nc(-c2cc(Cl)sc2Cl)cs1)c1c(F)cccc1F. The van der Waals surface area contributed by atoms with E-state index < -0.39 is 23.1 Å². The predicted octanol–water partition coefficient (Wildman–Crippen LogP) is 5.71. The predicted molar refractivity (Wildman–Crippen MR) is 89.8 cm³/mol. The van der Waals surface area contributed by atoms with Gasteiger partial charge in [0.2, 0.25) is 0 Å². The first kappa shape index (κ1) is 16.3. The number of hydrogen-bond donors (Lipinski definition) is 1. The lowest BCUT2D eigenvalue weighted by Crippen LogP contribution is -2.15. The molecule has 0 aliphatic heterocycles. The molecule has 9 heteroatoms. The number of nitrogens with one attached hydrogen (secondary N) is 1. The van der Waals surface area contributed by atoms with Gasteiger partial charge in [-0.3, -0.25) is 10.1 Å². The number of carbonyl (C=O) groups excluding carboxylic acids is 1. The van der Waals surface area contributed by atoms with Crippen LogP contribution in [0.15, 0.2) is 29.6 Å². The number of carbonyl (C=O) groups is 1. The van der Waals surface area contributed by atoms with Gasteiger partial charge in [-0.05, 0) is 18.2 Å². The molecule has 0 saturated heterocycles. The van der Waals surface area contributed by atoms with Crippen LogP contribution < -0.4 is 5.32 Å². The summed E-state index contributed by atoms with van der Waals surface area (Å²) in [6.45, 7) is 0. The highest BCUT2D eigenvalue weighted by Gasteiger charge is 2.19. The zero-order valence-electron chi connectivity index (χ0n) is 11.1. The molecule has 1 amide bonds. The molecule has 0 bridgehead atoms. The summed E-state index contributed by atoms with van der Waals surface area (Å²) in [5.74, 6) is -2.78. The number of anilines is 1. The van der Waals surface area contributed by atoms with Crippen LogP contribution in [0.1, 0.15) is 10.4 Å². The van der Waals surface area contributed by atoms with E-state index in [0.717, 1.165) is 23.5 Å². The van der Waals surface area contributed by atoms with Crippen molar-refractivity contribution in [3.63, 3.8) is 0 Å². The molecule has 2 aromatic heterocycles. The molecule has 0 fully saturated rings. The second kappa shape index (κ2) is 6.52. The summed E-state index contributed by atoms with van der Waals surface area (Å²) in [5.41, 5.74) is 0.504. The maximum absolute atomic E-state index is 13.6. The van der Waals surface area contributed by atoms with Crippen LogP contribution in [-0.2, 0) is 0 Å². The van der Waals surface area contributed by atoms with Gasteiger partial charge in [0.1, 0.15) is 21.5 Å². The van der Waals surface area contributed by atoms with E-state index in [4.69, 9.17) is 23.2 Å². The van der Waals surface area contributed by atoms with Crippen molar-refractivity contribution >= 4 is 56.9 Å². The van der Waals surface area contributed by atoms with E-state index in [2.05, 4.69) is 10.3 Å². The van der Waals surface area contributed by atoms with E-state index in [0.29, 0.717) is 19.9 Å². The number of thiazole rings is 1. The maximum Gasteiger partial charge on any atom is 0.263 e. The van der Waals surface area contributed by atoms with Gasteiger partial charge < -0.3 is 0 Å². The monoisotopic (exact) mass is 390 g/mol. The van der Waals surface area contributed by atoms with Crippen molar-refractivity contribution < 1.29 is 13.6 Å². The van der Waals surface area contributed by atoms with Gasteiger partial charge in [-0.25, -0.2) is 13.8 Å². The summed E-state index contributed by atoms with van der Waals surface area (Å²) in [5, 5.41) is 4.24. The van der Waals surface area contributed by atoms with Crippen LogP contribution in [0.25, 0.3) is 11.3 Å². The summed E-state index contributed by atoms with van der Waals surface area (Å²) >= 11 is 14.2. The Hall–Kier alpha value is -1.54. The van der Waals surface area contributed by atoms with Gasteiger partial charge in [-0.2, -0.15) is 0 Å². The average Bonchev–Trinajstić information content (AvgIpc) is 3.05. The first-order valence-electron chi connectivity index (χ1n) is 6.12. The lowest BCUT2D eigenvalue weighted by atomic mass is 10.2. The van der Waals surface area contributed by atoms with E-state index >= 15 is 0 Å². The second-order valence-electron chi connectivity index (χ2n) is 4.33. The van der Waals surface area contributed by atoms with Crippen LogP contribution in [0.3, 0.4) is 0 Å². The summed E-state index contributed by atoms with van der Waals surface area (Å²) in [7, 11) is 0. The summed E-state index contributed by atoms with van der Waals surface area (Å²) in [6.07, 6.45) is 0. The van der Waals surface area contributed by atoms with Gasteiger partial charge in [-0.15, -0.1) is 22.7 Å². The van der Waals surface area contributed by atoms with E-state index in [-0.39, 0.29) is 5.13 Å². The highest BCUT2D eigenvalue weighted by Crippen LogP contribution is 2.39. The van der Waals surface area contributed by atoms with Crippen LogP contribution in [0.2, 0.25) is 8.67 Å². The lowest BCUT2D eigenvalue weighted by Gasteiger charge is -2.04. The number of halogens is 4. The Labute approximate surface area is 147 Å². The van der Waals surface area contributed by atoms with Crippen molar-refractivity contribution in [1.82, 2.24) is 4.98 Å². The second-order valence-corrected chi connectivity index (χ2v) is 7.47. The Morgan fingerprint density at radius 2 is 1.91 bits per heavy atom. The molecule has 3 aromatic rings. The third-order valence-corrected chi connectivity index (χ3v) is 5.09. The first-order chi connectivity index (χ1) is 11.0. The third-order valence-electron chi connectivity index (χ3n) is 2.85. The summed E-state index contributed by atoms with van der Waals surface area (Å²) < 4.78 is 28.1. The molecule has 0 saturated carbocycles. The average molecular weight is 391 g/mol. The van der Waals surface area contributed by atoms with Crippen molar-refractivity contribution in [3.05, 3.63) is 55.5 Å². The first-order valence-corrected chi connectivity index (χ1v) is 8.57. The minimum atomic E-state index is -0.938. The van der Waals surface area contributed by atoms with Gasteiger partial charge in [0.25, 0.3) is 5.91 Å². The fourth-order valence-corrected chi connectivity index (χ4v) is 4.03. The summed E-state index contributed by atoms with van der Waals surface area (Å²) in [4.78, 5) is 16.2. The molecule has 23 heavy (non-hydrogen) atoms. The van der Waals surface area contributed by atoms with E-state index in [1.165, 1.54) is 17.4 Å². The fourth-order valence-electron chi connectivity index (χ4n) is 1.84. The van der Waals surface area contributed by atoms with Crippen LogP contribution in [0, 0.1) is 11.6 Å². The number of hydrogen-bond acceptors (Lipinski definition) is 4. The number of benzene rings is 1. The van der Waals surface area contributed by atoms with E-state index in [9.17, 15) is 13.6 Å². The van der Waals surface area contributed by atoms with Crippen molar-refractivity contribution in [2.75, 3.05) is 5.32 Å². The molecule has 0 spiro atoms. The minimum Gasteiger partial charge on any atom is -0.298 e. The Bertz CT molecular complexity index is 875. The molecule has 1 aromatic carbocycles. The molecular formula is C14H6Cl2F2N2OS2.